The molecular formula is C19H18F3N3O2. The van der Waals surface area contributed by atoms with Crippen LogP contribution >= 0.6 is 0 Å². The summed E-state index contributed by atoms with van der Waals surface area (Å²) in [6.07, 6.45) is 3.90. The fraction of sp³-hybridized carbons (Fsp3) is 0.316. The van der Waals surface area contributed by atoms with Gasteiger partial charge < -0.3 is 9.64 Å². The lowest BCUT2D eigenvalue weighted by atomic mass is 9.92. The summed E-state index contributed by atoms with van der Waals surface area (Å²) in [7, 11) is 0. The predicted octanol–water partition coefficient (Wildman–Crippen LogP) is 4.18. The number of ether oxygens (including phenoxy) is 1. The second kappa shape index (κ2) is 8.20. The van der Waals surface area contributed by atoms with E-state index in [0.29, 0.717) is 5.75 Å². The number of likely N-dealkylation sites (tertiary alicyclic amines) is 1. The highest BCUT2D eigenvalue weighted by Crippen LogP contribution is 2.35. The third-order valence-electron chi connectivity index (χ3n) is 4.35. The lowest BCUT2D eigenvalue weighted by Crippen LogP contribution is -2.29. The average molecular weight is 377 g/mol. The Bertz CT molecular complexity index is 799. The summed E-state index contributed by atoms with van der Waals surface area (Å²) in [6, 6.07) is 5.61. The van der Waals surface area contributed by atoms with E-state index in [4.69, 9.17) is 4.74 Å². The van der Waals surface area contributed by atoms with Crippen LogP contribution in [0.15, 0.2) is 48.9 Å². The summed E-state index contributed by atoms with van der Waals surface area (Å²) in [5.74, 6) is 0.911. The zero-order chi connectivity index (χ0) is 19.3. The van der Waals surface area contributed by atoms with Crippen molar-refractivity contribution in [3.8, 4) is 11.5 Å². The summed E-state index contributed by atoms with van der Waals surface area (Å²) in [4.78, 5) is 20.3. The monoisotopic (exact) mass is 377 g/mol. The molecule has 0 aliphatic carbocycles. The van der Waals surface area contributed by atoms with Crippen molar-refractivity contribution in [2.45, 2.75) is 24.9 Å². The van der Waals surface area contributed by atoms with Gasteiger partial charge in [-0.2, -0.15) is 13.2 Å². The average Bonchev–Trinajstić information content (AvgIpc) is 2.67. The molecule has 2 aromatic rings. The minimum absolute atomic E-state index is 0.171. The molecule has 0 amide bonds. The number of alkyl halides is 3. The van der Waals surface area contributed by atoms with Crippen molar-refractivity contribution < 1.29 is 22.7 Å². The first-order valence-corrected chi connectivity index (χ1v) is 8.49. The van der Waals surface area contributed by atoms with Gasteiger partial charge in [0.15, 0.2) is 0 Å². The Balaban J connectivity index is 1.71. The Morgan fingerprint density at radius 1 is 1.15 bits per heavy atom. The molecule has 0 bridgehead atoms. The fourth-order valence-corrected chi connectivity index (χ4v) is 3.01. The number of carbonyl (C=O) groups excluding carboxylic acids is 1. The predicted molar refractivity (Wildman–Crippen MR) is 92.3 cm³/mol. The molecule has 0 radical (unpaired) electrons. The number of pyridine rings is 2. The van der Waals surface area contributed by atoms with Crippen molar-refractivity contribution in [3.63, 3.8) is 0 Å². The van der Waals surface area contributed by atoms with Gasteiger partial charge >= 0.3 is 6.18 Å². The summed E-state index contributed by atoms with van der Waals surface area (Å²) >= 11 is 0. The van der Waals surface area contributed by atoms with Gasteiger partial charge in [-0.3, -0.25) is 9.78 Å². The van der Waals surface area contributed by atoms with Crippen molar-refractivity contribution in [1.82, 2.24) is 14.9 Å². The molecular weight excluding hydrogens is 359 g/mol. The summed E-state index contributed by atoms with van der Waals surface area (Å²) in [5.41, 5.74) is -0.187. The minimum atomic E-state index is -4.48. The van der Waals surface area contributed by atoms with Crippen LogP contribution in [0.4, 0.5) is 13.2 Å². The van der Waals surface area contributed by atoms with Crippen LogP contribution in [0.1, 0.15) is 30.1 Å². The van der Waals surface area contributed by atoms with Gasteiger partial charge in [-0.15, -0.1) is 0 Å². The maximum Gasteiger partial charge on any atom is 0.433 e. The van der Waals surface area contributed by atoms with E-state index >= 15 is 0 Å². The molecule has 3 rings (SSSR count). The molecule has 0 unspecified atom stereocenters. The number of aldehydes is 1. The molecule has 0 N–H and O–H groups in total. The summed E-state index contributed by atoms with van der Waals surface area (Å²) < 4.78 is 43.6. The number of allylic oxidation sites excluding steroid dienone is 1. The first-order valence-electron chi connectivity index (χ1n) is 8.49. The van der Waals surface area contributed by atoms with Gasteiger partial charge in [-0.25, -0.2) is 4.98 Å². The van der Waals surface area contributed by atoms with Crippen LogP contribution in [-0.2, 0) is 11.0 Å². The first-order chi connectivity index (χ1) is 13.0. The smallest absolute Gasteiger partial charge is 0.433 e. The van der Waals surface area contributed by atoms with E-state index < -0.39 is 11.9 Å². The topological polar surface area (TPSA) is 55.3 Å². The molecule has 8 heteroatoms. The van der Waals surface area contributed by atoms with Crippen LogP contribution in [0, 0.1) is 0 Å². The molecule has 0 spiro atoms. The highest BCUT2D eigenvalue weighted by atomic mass is 19.4. The van der Waals surface area contributed by atoms with Crippen molar-refractivity contribution in [2.24, 2.45) is 0 Å². The Morgan fingerprint density at radius 3 is 2.56 bits per heavy atom. The number of piperidine rings is 1. The van der Waals surface area contributed by atoms with Crippen LogP contribution in [-0.4, -0.2) is 34.2 Å². The summed E-state index contributed by atoms with van der Waals surface area (Å²) in [6.45, 7) is 1.57. The van der Waals surface area contributed by atoms with E-state index in [1.807, 2.05) is 0 Å². The number of hydrogen-bond acceptors (Lipinski definition) is 5. The zero-order valence-electron chi connectivity index (χ0n) is 14.4. The molecule has 0 aromatic carbocycles. The second-order valence-electron chi connectivity index (χ2n) is 6.15. The number of carbonyl (C=O) groups is 1. The third-order valence-corrected chi connectivity index (χ3v) is 4.35. The Morgan fingerprint density at radius 2 is 1.93 bits per heavy atom. The van der Waals surface area contributed by atoms with E-state index in [0.717, 1.165) is 50.2 Å². The van der Waals surface area contributed by atoms with Crippen LogP contribution in [0.3, 0.4) is 0 Å². The van der Waals surface area contributed by atoms with Crippen molar-refractivity contribution >= 4 is 6.29 Å². The van der Waals surface area contributed by atoms with Crippen LogP contribution in [0.5, 0.6) is 11.5 Å². The lowest BCUT2D eigenvalue weighted by molar-refractivity contribution is -0.141. The summed E-state index contributed by atoms with van der Waals surface area (Å²) in [5, 5.41) is 0. The number of rotatable bonds is 5. The van der Waals surface area contributed by atoms with Gasteiger partial charge in [0, 0.05) is 31.4 Å². The number of halogens is 3. The number of hydrogen-bond donors (Lipinski definition) is 0. The van der Waals surface area contributed by atoms with E-state index in [1.165, 1.54) is 12.1 Å². The molecule has 0 saturated carbocycles. The highest BCUT2D eigenvalue weighted by molar-refractivity contribution is 5.64. The fourth-order valence-electron chi connectivity index (χ4n) is 3.01. The first kappa shape index (κ1) is 18.9. The van der Waals surface area contributed by atoms with E-state index in [2.05, 4.69) is 14.9 Å². The molecule has 1 aliphatic heterocycles. The van der Waals surface area contributed by atoms with E-state index in [-0.39, 0.29) is 11.7 Å². The molecule has 0 atom stereocenters. The van der Waals surface area contributed by atoms with Crippen LogP contribution in [0.25, 0.3) is 0 Å². The van der Waals surface area contributed by atoms with Gasteiger partial charge in [-0.05, 0) is 43.2 Å². The van der Waals surface area contributed by atoms with E-state index in [9.17, 15) is 18.0 Å². The minimum Gasteiger partial charge on any atom is -0.454 e. The van der Waals surface area contributed by atoms with Gasteiger partial charge in [0.05, 0.1) is 11.9 Å². The molecule has 3 heterocycles. The van der Waals surface area contributed by atoms with Crippen LogP contribution in [0.2, 0.25) is 0 Å². The maximum absolute atomic E-state index is 12.6. The van der Waals surface area contributed by atoms with Crippen molar-refractivity contribution in [2.75, 3.05) is 13.1 Å². The van der Waals surface area contributed by atoms with Crippen molar-refractivity contribution in [1.29, 1.82) is 0 Å². The number of nitrogens with zero attached hydrogens (tertiary/aromatic N) is 3. The second-order valence-corrected chi connectivity index (χ2v) is 6.15. The zero-order valence-corrected chi connectivity index (χ0v) is 14.4. The largest absolute Gasteiger partial charge is 0.454 e. The molecule has 1 saturated heterocycles. The quantitative estimate of drug-likeness (QED) is 0.578. The number of aromatic nitrogens is 2. The van der Waals surface area contributed by atoms with E-state index in [1.54, 1.807) is 24.5 Å². The molecule has 2 aromatic heterocycles. The lowest BCUT2D eigenvalue weighted by Gasteiger charge is -2.31. The molecule has 1 fully saturated rings. The molecule has 5 nitrogen and oxygen atoms in total. The van der Waals surface area contributed by atoms with Gasteiger partial charge in [0.25, 0.3) is 0 Å². The molecule has 27 heavy (non-hydrogen) atoms. The normalized spacial score (nSPS) is 15.9. The Labute approximate surface area is 154 Å². The third kappa shape index (κ3) is 4.84. The molecule has 1 aliphatic rings. The van der Waals surface area contributed by atoms with Gasteiger partial charge in [0.2, 0.25) is 0 Å². The SMILES string of the molecule is O=CC=CN1CCC(c2ncccc2Oc2ccc(C(F)(F)F)nc2)CC1. The van der Waals surface area contributed by atoms with Crippen molar-refractivity contribution in [3.05, 3.63) is 60.3 Å². The Hall–Kier alpha value is -2.90. The maximum atomic E-state index is 12.6. The highest BCUT2D eigenvalue weighted by Gasteiger charge is 2.32. The van der Waals surface area contributed by atoms with Crippen LogP contribution < -0.4 is 4.74 Å². The Kier molecular flexibility index (Phi) is 5.73. The molecule has 142 valence electrons. The standard InChI is InChI=1S/C19H18F3N3O2/c20-19(21,22)17-5-4-15(13-24-17)27-16-3-1-8-23-18(16)14-6-10-25(11-7-14)9-2-12-26/h1-5,8-9,12-14H,6-7,10-11H2. The van der Waals surface area contributed by atoms with Gasteiger partial charge in [-0.1, -0.05) is 0 Å². The van der Waals surface area contributed by atoms with Gasteiger partial charge in [0.1, 0.15) is 23.5 Å².